The zero-order valence-electron chi connectivity index (χ0n) is 10.3. The third-order valence-electron chi connectivity index (χ3n) is 5.27. The number of rotatable bonds is 2. The molecule has 94 valence electrons. The normalized spacial score (nSPS) is 51.3. The maximum Gasteiger partial charge on any atom is 0.330 e. The van der Waals surface area contributed by atoms with Gasteiger partial charge in [0.2, 0.25) is 0 Å². The van der Waals surface area contributed by atoms with E-state index >= 15 is 0 Å². The molecule has 0 aromatic heterocycles. The minimum absolute atomic E-state index is 0.298. The van der Waals surface area contributed by atoms with E-state index in [2.05, 4.69) is 6.58 Å². The summed E-state index contributed by atoms with van der Waals surface area (Å²) < 4.78 is 5.63. The van der Waals surface area contributed by atoms with Gasteiger partial charge in [-0.3, -0.25) is 0 Å². The molecule has 2 atom stereocenters. The Kier molecular flexibility index (Phi) is 2.22. The lowest BCUT2D eigenvalue weighted by molar-refractivity contribution is -0.230. The molecule has 4 fully saturated rings. The van der Waals surface area contributed by atoms with E-state index < -0.39 is 5.60 Å². The predicted molar refractivity (Wildman–Crippen MR) is 63.2 cm³/mol. The van der Waals surface area contributed by atoms with Crippen molar-refractivity contribution in [1.82, 2.24) is 0 Å². The van der Waals surface area contributed by atoms with Gasteiger partial charge in [-0.05, 0) is 56.8 Å². The minimum Gasteiger partial charge on any atom is -0.456 e. The van der Waals surface area contributed by atoms with Crippen LogP contribution in [0.2, 0.25) is 0 Å². The van der Waals surface area contributed by atoms with E-state index in [1.54, 1.807) is 0 Å². The fourth-order valence-corrected chi connectivity index (χ4v) is 4.51. The van der Waals surface area contributed by atoms with Crippen LogP contribution in [-0.2, 0) is 9.53 Å². The third kappa shape index (κ3) is 1.55. The highest BCUT2D eigenvalue weighted by atomic mass is 16.6. The Hall–Kier alpha value is -0.830. The summed E-state index contributed by atoms with van der Waals surface area (Å²) in [5, 5.41) is 10.5. The number of aliphatic hydroxyl groups is 1. The van der Waals surface area contributed by atoms with Crippen molar-refractivity contribution < 1.29 is 14.6 Å². The fraction of sp³-hybridized carbons (Fsp3) is 0.786. The van der Waals surface area contributed by atoms with Crippen LogP contribution in [0, 0.1) is 17.8 Å². The van der Waals surface area contributed by atoms with Crippen molar-refractivity contribution in [3.8, 4) is 0 Å². The summed E-state index contributed by atoms with van der Waals surface area (Å²) in [7, 11) is 0. The van der Waals surface area contributed by atoms with Gasteiger partial charge in [0.15, 0.2) is 0 Å². The third-order valence-corrected chi connectivity index (χ3v) is 5.27. The van der Waals surface area contributed by atoms with Crippen molar-refractivity contribution in [3.05, 3.63) is 12.7 Å². The van der Waals surface area contributed by atoms with E-state index in [0.717, 1.165) is 32.1 Å². The number of carbonyl (C=O) groups excluding carboxylic acids is 1. The smallest absolute Gasteiger partial charge is 0.330 e. The molecule has 4 aliphatic rings. The van der Waals surface area contributed by atoms with Gasteiger partial charge in [-0.1, -0.05) is 6.58 Å². The van der Waals surface area contributed by atoms with Crippen LogP contribution in [-0.4, -0.2) is 22.3 Å². The van der Waals surface area contributed by atoms with E-state index in [0.29, 0.717) is 17.8 Å². The zero-order valence-corrected chi connectivity index (χ0v) is 10.3. The molecule has 0 aliphatic heterocycles. The van der Waals surface area contributed by atoms with Gasteiger partial charge in [0, 0.05) is 6.08 Å². The molecule has 0 radical (unpaired) electrons. The van der Waals surface area contributed by atoms with Gasteiger partial charge in [-0.25, -0.2) is 4.79 Å². The molecule has 3 nitrogen and oxygen atoms in total. The zero-order chi connectivity index (χ0) is 12.3. The average Bonchev–Trinajstić information content (AvgIpc) is 2.25. The molecule has 4 bridgehead atoms. The van der Waals surface area contributed by atoms with Crippen molar-refractivity contribution in [3.63, 3.8) is 0 Å². The number of esters is 1. The number of hydrogen-bond acceptors (Lipinski definition) is 3. The largest absolute Gasteiger partial charge is 0.456 e. The Bertz CT molecular complexity index is 354. The Balaban J connectivity index is 1.86. The van der Waals surface area contributed by atoms with Gasteiger partial charge in [0.05, 0.1) is 5.60 Å². The monoisotopic (exact) mass is 236 g/mol. The lowest BCUT2D eigenvalue weighted by Crippen LogP contribution is -2.63. The van der Waals surface area contributed by atoms with Crippen LogP contribution >= 0.6 is 0 Å². The first-order chi connectivity index (χ1) is 7.95. The molecule has 0 aromatic carbocycles. The van der Waals surface area contributed by atoms with E-state index in [1.807, 2.05) is 6.92 Å². The van der Waals surface area contributed by atoms with Gasteiger partial charge < -0.3 is 9.84 Å². The van der Waals surface area contributed by atoms with Crippen molar-refractivity contribution in [2.45, 2.75) is 50.2 Å². The second-order valence-electron chi connectivity index (χ2n) is 6.38. The maximum absolute atomic E-state index is 11.5. The van der Waals surface area contributed by atoms with Crippen LogP contribution in [0.25, 0.3) is 0 Å². The molecule has 0 saturated heterocycles. The number of hydrogen-bond donors (Lipinski definition) is 1. The molecule has 4 saturated carbocycles. The molecule has 1 N–H and O–H groups in total. The molecule has 4 aliphatic carbocycles. The van der Waals surface area contributed by atoms with Gasteiger partial charge in [-0.15, -0.1) is 0 Å². The highest BCUT2D eigenvalue weighted by Gasteiger charge is 2.61. The van der Waals surface area contributed by atoms with Crippen LogP contribution in [0.1, 0.15) is 39.0 Å². The van der Waals surface area contributed by atoms with E-state index in [4.69, 9.17) is 4.74 Å². The topological polar surface area (TPSA) is 46.5 Å². The quantitative estimate of drug-likeness (QED) is 0.589. The summed E-state index contributed by atoms with van der Waals surface area (Å²) in [6.07, 6.45) is 6.07. The van der Waals surface area contributed by atoms with Crippen LogP contribution in [0.4, 0.5) is 0 Å². The second kappa shape index (κ2) is 3.35. The Morgan fingerprint density at radius 2 is 1.94 bits per heavy atom. The van der Waals surface area contributed by atoms with E-state index in [-0.39, 0.29) is 11.6 Å². The van der Waals surface area contributed by atoms with Crippen LogP contribution in [0.15, 0.2) is 12.7 Å². The second-order valence-corrected chi connectivity index (χ2v) is 6.38. The number of ether oxygens (including phenoxy) is 1. The molecule has 2 unspecified atom stereocenters. The predicted octanol–water partition coefficient (Wildman–Crippen LogP) is 2.05. The fourth-order valence-electron chi connectivity index (χ4n) is 4.51. The summed E-state index contributed by atoms with van der Waals surface area (Å²) >= 11 is 0. The Labute approximate surface area is 102 Å². The van der Waals surface area contributed by atoms with E-state index in [9.17, 15) is 9.90 Å². The summed E-state index contributed by atoms with van der Waals surface area (Å²) in [6, 6.07) is 0. The molecule has 0 spiro atoms. The molecule has 3 heteroatoms. The summed E-state index contributed by atoms with van der Waals surface area (Å²) in [5.41, 5.74) is -0.856. The van der Waals surface area contributed by atoms with E-state index in [1.165, 1.54) is 6.08 Å². The van der Waals surface area contributed by atoms with Crippen molar-refractivity contribution in [2.24, 2.45) is 17.8 Å². The first kappa shape index (κ1) is 11.3. The van der Waals surface area contributed by atoms with Crippen LogP contribution in [0.5, 0.6) is 0 Å². The van der Waals surface area contributed by atoms with Crippen molar-refractivity contribution >= 4 is 5.97 Å². The molecular formula is C14H20O3. The van der Waals surface area contributed by atoms with Crippen LogP contribution in [0.3, 0.4) is 0 Å². The molecule has 0 heterocycles. The molecule has 0 aromatic rings. The highest BCUT2D eigenvalue weighted by molar-refractivity contribution is 5.81. The summed E-state index contributed by atoms with van der Waals surface area (Å²) in [4.78, 5) is 11.5. The minimum atomic E-state index is -0.555. The van der Waals surface area contributed by atoms with Gasteiger partial charge >= 0.3 is 5.97 Å². The van der Waals surface area contributed by atoms with Crippen molar-refractivity contribution in [2.75, 3.05) is 0 Å². The first-order valence-electron chi connectivity index (χ1n) is 6.53. The summed E-state index contributed by atoms with van der Waals surface area (Å²) in [6.45, 7) is 5.42. The number of carbonyl (C=O) groups is 1. The molecular weight excluding hydrogens is 216 g/mol. The SMILES string of the molecule is C=CC(=O)OC12CC3CC(C1)C(C)(O)C(C3)C2. The Morgan fingerprint density at radius 3 is 2.47 bits per heavy atom. The van der Waals surface area contributed by atoms with Crippen LogP contribution < -0.4 is 0 Å². The molecule has 0 amide bonds. The molecule has 4 rings (SSSR count). The molecule has 17 heavy (non-hydrogen) atoms. The van der Waals surface area contributed by atoms with Crippen molar-refractivity contribution in [1.29, 1.82) is 0 Å². The van der Waals surface area contributed by atoms with Gasteiger partial charge in [0.25, 0.3) is 0 Å². The first-order valence-corrected chi connectivity index (χ1v) is 6.53. The highest BCUT2D eigenvalue weighted by Crippen LogP contribution is 2.60. The standard InChI is InChI=1S/C14H20O3/c1-3-12(15)17-14-6-9-4-10(7-14)13(2,16)11(5-9)8-14/h3,9-11,16H,1,4-8H2,2H3. The lowest BCUT2D eigenvalue weighted by Gasteiger charge is -2.61. The summed E-state index contributed by atoms with van der Waals surface area (Å²) in [5.74, 6) is 0.912. The maximum atomic E-state index is 11.5. The van der Waals surface area contributed by atoms with Gasteiger partial charge in [0.1, 0.15) is 5.60 Å². The average molecular weight is 236 g/mol. The lowest BCUT2D eigenvalue weighted by atomic mass is 9.48. The Morgan fingerprint density at radius 1 is 1.35 bits per heavy atom. The van der Waals surface area contributed by atoms with Gasteiger partial charge in [-0.2, -0.15) is 0 Å².